The SMILES string of the molecule is Cc1ccc(NC(=O)COc2ccccc2/C=C2\SC(=O)N(Cc3ccc4ccccc4c3)C2=O)cc1C. The van der Waals surface area contributed by atoms with Gasteiger partial charge in [-0.1, -0.05) is 60.7 Å². The lowest BCUT2D eigenvalue weighted by molar-refractivity contribution is -0.123. The summed E-state index contributed by atoms with van der Waals surface area (Å²) in [4.78, 5) is 39.9. The lowest BCUT2D eigenvalue weighted by Crippen LogP contribution is -2.27. The Balaban J connectivity index is 1.27. The molecule has 1 heterocycles. The first kappa shape index (κ1) is 25.3. The number of anilines is 1. The van der Waals surface area contributed by atoms with Crippen molar-refractivity contribution in [2.75, 3.05) is 11.9 Å². The first-order chi connectivity index (χ1) is 18.4. The van der Waals surface area contributed by atoms with E-state index in [0.29, 0.717) is 21.9 Å². The van der Waals surface area contributed by atoms with Crippen LogP contribution in [0.5, 0.6) is 5.75 Å². The average molecular weight is 523 g/mol. The second-order valence-corrected chi connectivity index (χ2v) is 10.1. The molecule has 190 valence electrons. The molecule has 0 aromatic heterocycles. The molecule has 4 aromatic rings. The molecule has 6 nitrogen and oxygen atoms in total. The molecule has 1 aliphatic heterocycles. The fourth-order valence-corrected chi connectivity index (χ4v) is 5.02. The fourth-order valence-electron chi connectivity index (χ4n) is 4.19. The largest absolute Gasteiger partial charge is 0.483 e. The second-order valence-electron chi connectivity index (χ2n) is 9.12. The number of amides is 3. The third-order valence-corrected chi connectivity index (χ3v) is 7.29. The Morgan fingerprint density at radius 2 is 1.66 bits per heavy atom. The quantitative estimate of drug-likeness (QED) is 0.273. The summed E-state index contributed by atoms with van der Waals surface area (Å²) in [6, 6.07) is 26.7. The maximum absolute atomic E-state index is 13.1. The van der Waals surface area contributed by atoms with E-state index in [1.54, 1.807) is 24.3 Å². The number of imide groups is 1. The molecule has 0 aliphatic carbocycles. The Hall–Kier alpha value is -4.36. The Morgan fingerprint density at radius 1 is 0.895 bits per heavy atom. The van der Waals surface area contributed by atoms with Crippen molar-refractivity contribution in [3.05, 3.63) is 112 Å². The third kappa shape index (κ3) is 5.63. The van der Waals surface area contributed by atoms with E-state index in [2.05, 4.69) is 5.32 Å². The predicted molar refractivity (Wildman–Crippen MR) is 152 cm³/mol. The van der Waals surface area contributed by atoms with Crippen LogP contribution < -0.4 is 10.1 Å². The van der Waals surface area contributed by atoms with Gasteiger partial charge in [-0.3, -0.25) is 19.3 Å². The minimum absolute atomic E-state index is 0.193. The van der Waals surface area contributed by atoms with Crippen LogP contribution in [0.2, 0.25) is 0 Å². The van der Waals surface area contributed by atoms with E-state index < -0.39 is 0 Å². The number of hydrogen-bond acceptors (Lipinski definition) is 5. The summed E-state index contributed by atoms with van der Waals surface area (Å²) in [5.41, 5.74) is 4.43. The Morgan fingerprint density at radius 3 is 2.47 bits per heavy atom. The van der Waals surface area contributed by atoms with Crippen LogP contribution in [0.3, 0.4) is 0 Å². The van der Waals surface area contributed by atoms with Gasteiger partial charge in [-0.25, -0.2) is 0 Å². The van der Waals surface area contributed by atoms with Crippen LogP contribution in [0.15, 0.2) is 89.8 Å². The smallest absolute Gasteiger partial charge is 0.293 e. The van der Waals surface area contributed by atoms with E-state index in [9.17, 15) is 14.4 Å². The van der Waals surface area contributed by atoms with Gasteiger partial charge < -0.3 is 10.1 Å². The highest BCUT2D eigenvalue weighted by atomic mass is 32.2. The monoisotopic (exact) mass is 522 g/mol. The fraction of sp³-hybridized carbons (Fsp3) is 0.129. The Labute approximate surface area is 225 Å². The molecular weight excluding hydrogens is 496 g/mol. The van der Waals surface area contributed by atoms with Gasteiger partial charge in [0.25, 0.3) is 17.1 Å². The molecule has 0 spiro atoms. The molecule has 7 heteroatoms. The summed E-state index contributed by atoms with van der Waals surface area (Å²) in [6.07, 6.45) is 1.64. The molecule has 1 N–H and O–H groups in total. The molecule has 0 atom stereocenters. The van der Waals surface area contributed by atoms with Gasteiger partial charge in [0.1, 0.15) is 5.75 Å². The topological polar surface area (TPSA) is 75.7 Å². The standard InChI is InChI=1S/C31H26N2O4S/c1-20-11-14-26(15-21(20)2)32-29(34)19-37-27-10-6-5-9-25(27)17-28-30(35)33(31(36)38-28)18-22-12-13-23-7-3-4-8-24(23)16-22/h3-17H,18-19H2,1-2H3,(H,32,34)/b28-17-. The molecule has 4 aromatic carbocycles. The number of fused-ring (bicyclic) bond motifs is 1. The maximum Gasteiger partial charge on any atom is 0.293 e. The maximum atomic E-state index is 13.1. The van der Waals surface area contributed by atoms with Crippen molar-refractivity contribution >= 4 is 51.4 Å². The summed E-state index contributed by atoms with van der Waals surface area (Å²) in [6.45, 7) is 4.01. The van der Waals surface area contributed by atoms with Crippen molar-refractivity contribution in [1.82, 2.24) is 4.90 Å². The van der Waals surface area contributed by atoms with Gasteiger partial charge in [0, 0.05) is 11.3 Å². The molecule has 0 saturated carbocycles. The highest BCUT2D eigenvalue weighted by Gasteiger charge is 2.35. The third-order valence-electron chi connectivity index (χ3n) is 6.38. The average Bonchev–Trinajstić information content (AvgIpc) is 3.17. The van der Waals surface area contributed by atoms with Crippen molar-refractivity contribution in [3.63, 3.8) is 0 Å². The number of benzene rings is 4. The minimum Gasteiger partial charge on any atom is -0.483 e. The lowest BCUT2D eigenvalue weighted by atomic mass is 10.1. The number of nitrogens with one attached hydrogen (secondary N) is 1. The van der Waals surface area contributed by atoms with Crippen LogP contribution in [0.1, 0.15) is 22.3 Å². The molecule has 0 unspecified atom stereocenters. The summed E-state index contributed by atoms with van der Waals surface area (Å²) >= 11 is 0.901. The summed E-state index contributed by atoms with van der Waals surface area (Å²) < 4.78 is 5.79. The van der Waals surface area contributed by atoms with Crippen LogP contribution in [0.4, 0.5) is 10.5 Å². The van der Waals surface area contributed by atoms with Gasteiger partial charge in [0.05, 0.1) is 11.4 Å². The zero-order chi connectivity index (χ0) is 26.6. The van der Waals surface area contributed by atoms with Gasteiger partial charge in [-0.2, -0.15) is 0 Å². The van der Waals surface area contributed by atoms with Gasteiger partial charge in [-0.15, -0.1) is 0 Å². The van der Waals surface area contributed by atoms with Crippen LogP contribution in [0.25, 0.3) is 16.8 Å². The highest BCUT2D eigenvalue weighted by Crippen LogP contribution is 2.35. The summed E-state index contributed by atoms with van der Waals surface area (Å²) in [5, 5.41) is 4.67. The number of para-hydroxylation sites is 1. The number of thioether (sulfide) groups is 1. The summed E-state index contributed by atoms with van der Waals surface area (Å²) in [5.74, 6) is -0.196. The minimum atomic E-state index is -0.351. The van der Waals surface area contributed by atoms with Crippen LogP contribution in [-0.4, -0.2) is 28.6 Å². The molecule has 3 amide bonds. The first-order valence-corrected chi connectivity index (χ1v) is 13.0. The Bertz CT molecular complexity index is 1590. The van der Waals surface area contributed by atoms with Crippen LogP contribution >= 0.6 is 11.8 Å². The normalized spacial score (nSPS) is 14.4. The molecular formula is C31H26N2O4S. The number of aryl methyl sites for hydroxylation is 2. The molecule has 0 radical (unpaired) electrons. The van der Waals surface area contributed by atoms with Crippen LogP contribution in [0, 0.1) is 13.8 Å². The van der Waals surface area contributed by atoms with E-state index in [1.807, 2.05) is 80.6 Å². The highest BCUT2D eigenvalue weighted by molar-refractivity contribution is 8.18. The number of ether oxygens (including phenoxy) is 1. The molecule has 5 rings (SSSR count). The molecule has 38 heavy (non-hydrogen) atoms. The number of carbonyl (C=O) groups excluding carboxylic acids is 3. The van der Waals surface area contributed by atoms with Crippen LogP contribution in [-0.2, 0) is 16.1 Å². The summed E-state index contributed by atoms with van der Waals surface area (Å²) in [7, 11) is 0. The molecule has 1 aliphatic rings. The van der Waals surface area contributed by atoms with Gasteiger partial charge in [0.2, 0.25) is 0 Å². The van der Waals surface area contributed by atoms with Crippen molar-refractivity contribution in [2.45, 2.75) is 20.4 Å². The van der Waals surface area contributed by atoms with E-state index >= 15 is 0 Å². The lowest BCUT2D eigenvalue weighted by Gasteiger charge is -2.13. The van der Waals surface area contributed by atoms with E-state index in [4.69, 9.17) is 4.74 Å². The van der Waals surface area contributed by atoms with Crippen molar-refractivity contribution < 1.29 is 19.1 Å². The van der Waals surface area contributed by atoms with E-state index in [0.717, 1.165) is 39.2 Å². The van der Waals surface area contributed by atoms with Gasteiger partial charge >= 0.3 is 0 Å². The zero-order valence-corrected chi connectivity index (χ0v) is 21.9. The first-order valence-electron chi connectivity index (χ1n) is 12.2. The number of nitrogens with zero attached hydrogens (tertiary/aromatic N) is 1. The molecule has 1 saturated heterocycles. The van der Waals surface area contributed by atoms with Gasteiger partial charge in [-0.05, 0) is 83.4 Å². The van der Waals surface area contributed by atoms with E-state index in [-0.39, 0.29) is 30.2 Å². The zero-order valence-electron chi connectivity index (χ0n) is 21.1. The number of hydrogen-bond donors (Lipinski definition) is 1. The predicted octanol–water partition coefficient (Wildman–Crippen LogP) is 6.71. The number of rotatable bonds is 7. The van der Waals surface area contributed by atoms with Crippen molar-refractivity contribution in [2.24, 2.45) is 0 Å². The number of carbonyl (C=O) groups is 3. The molecule has 0 bridgehead atoms. The van der Waals surface area contributed by atoms with Crippen molar-refractivity contribution in [3.8, 4) is 5.75 Å². The second kappa shape index (κ2) is 10.9. The van der Waals surface area contributed by atoms with Crippen molar-refractivity contribution in [1.29, 1.82) is 0 Å². The molecule has 1 fully saturated rings. The van der Waals surface area contributed by atoms with E-state index in [1.165, 1.54) is 4.90 Å². The van der Waals surface area contributed by atoms with Gasteiger partial charge in [0.15, 0.2) is 6.61 Å². The Kier molecular flexibility index (Phi) is 7.29.